The van der Waals surface area contributed by atoms with Gasteiger partial charge in [-0.25, -0.2) is 0 Å². The van der Waals surface area contributed by atoms with Crippen LogP contribution >= 0.6 is 23.4 Å². The Morgan fingerprint density at radius 2 is 1.56 bits per heavy atom. The molecule has 2 aromatic carbocycles. The zero-order chi connectivity index (χ0) is 19.8. The second-order valence-corrected chi connectivity index (χ2v) is 7.11. The summed E-state index contributed by atoms with van der Waals surface area (Å²) >= 11 is 7.11. The van der Waals surface area contributed by atoms with Crippen LogP contribution in [0.15, 0.2) is 53.4 Å². The van der Waals surface area contributed by atoms with Crippen molar-refractivity contribution in [2.45, 2.75) is 24.8 Å². The molecule has 0 radical (unpaired) electrons. The summed E-state index contributed by atoms with van der Waals surface area (Å²) in [6, 6.07) is 13.7. The second kappa shape index (κ2) is 9.99. The lowest BCUT2D eigenvalue weighted by Gasteiger charge is -2.14. The highest BCUT2D eigenvalue weighted by atomic mass is 35.5. The number of halogens is 1. The third-order valence-corrected chi connectivity index (χ3v) is 4.56. The van der Waals surface area contributed by atoms with Crippen LogP contribution in [-0.2, 0) is 19.1 Å². The predicted octanol–water partition coefficient (Wildman–Crippen LogP) is 3.96. The van der Waals surface area contributed by atoms with Crippen LogP contribution in [0.2, 0.25) is 5.02 Å². The van der Waals surface area contributed by atoms with E-state index in [1.807, 2.05) is 0 Å². The van der Waals surface area contributed by atoms with Gasteiger partial charge in [-0.2, -0.15) is 0 Å². The standard InChI is InChI=1S/C19H19ClN2O4S/c1-12(26-18(24)11-27-17-9-3-14(20)4-10-17)19(25)22-16-7-5-15(6-8-16)21-13(2)23/h3-10,12H,11H2,1-2H3,(H,21,23)(H,22,25). The number of esters is 1. The molecule has 142 valence electrons. The Hall–Kier alpha value is -2.51. The van der Waals surface area contributed by atoms with Gasteiger partial charge in [-0.1, -0.05) is 11.6 Å². The molecule has 0 aliphatic rings. The number of rotatable bonds is 7. The van der Waals surface area contributed by atoms with E-state index in [1.165, 1.54) is 25.6 Å². The molecule has 0 bridgehead atoms. The molecule has 0 aliphatic heterocycles. The van der Waals surface area contributed by atoms with Gasteiger partial charge < -0.3 is 15.4 Å². The van der Waals surface area contributed by atoms with Crippen molar-refractivity contribution in [3.8, 4) is 0 Å². The number of thioether (sulfide) groups is 1. The van der Waals surface area contributed by atoms with Gasteiger partial charge in [-0.15, -0.1) is 11.8 Å². The number of benzene rings is 2. The van der Waals surface area contributed by atoms with Gasteiger partial charge in [0.1, 0.15) is 0 Å². The SMILES string of the molecule is CC(=O)Nc1ccc(NC(=O)C(C)OC(=O)CSc2ccc(Cl)cc2)cc1. The lowest BCUT2D eigenvalue weighted by molar-refractivity contribution is -0.150. The summed E-state index contributed by atoms with van der Waals surface area (Å²) in [5.41, 5.74) is 1.16. The van der Waals surface area contributed by atoms with Crippen LogP contribution in [0.3, 0.4) is 0 Å². The van der Waals surface area contributed by atoms with Gasteiger partial charge in [0.25, 0.3) is 5.91 Å². The predicted molar refractivity (Wildman–Crippen MR) is 107 cm³/mol. The smallest absolute Gasteiger partial charge is 0.317 e. The fourth-order valence-electron chi connectivity index (χ4n) is 2.04. The maximum atomic E-state index is 12.1. The van der Waals surface area contributed by atoms with E-state index in [2.05, 4.69) is 10.6 Å². The number of hydrogen-bond donors (Lipinski definition) is 2. The molecule has 2 N–H and O–H groups in total. The molecule has 0 fully saturated rings. The number of nitrogens with one attached hydrogen (secondary N) is 2. The van der Waals surface area contributed by atoms with E-state index in [0.717, 1.165) is 4.90 Å². The third kappa shape index (κ3) is 7.32. The van der Waals surface area contributed by atoms with Gasteiger partial charge in [-0.3, -0.25) is 14.4 Å². The Morgan fingerprint density at radius 3 is 2.11 bits per heavy atom. The monoisotopic (exact) mass is 406 g/mol. The number of hydrogen-bond acceptors (Lipinski definition) is 5. The van der Waals surface area contributed by atoms with Gasteiger partial charge in [0.2, 0.25) is 5.91 Å². The Balaban J connectivity index is 1.79. The van der Waals surface area contributed by atoms with E-state index in [-0.39, 0.29) is 11.7 Å². The Morgan fingerprint density at radius 1 is 1.00 bits per heavy atom. The summed E-state index contributed by atoms with van der Waals surface area (Å²) in [5.74, 6) is -1.01. The fourth-order valence-corrected chi connectivity index (χ4v) is 2.85. The normalized spacial score (nSPS) is 11.4. The maximum Gasteiger partial charge on any atom is 0.317 e. The second-order valence-electron chi connectivity index (χ2n) is 5.62. The van der Waals surface area contributed by atoms with E-state index in [1.54, 1.807) is 48.5 Å². The van der Waals surface area contributed by atoms with E-state index in [9.17, 15) is 14.4 Å². The van der Waals surface area contributed by atoms with Crippen molar-refractivity contribution in [3.05, 3.63) is 53.6 Å². The van der Waals surface area contributed by atoms with Crippen molar-refractivity contribution in [3.63, 3.8) is 0 Å². The summed E-state index contributed by atoms with van der Waals surface area (Å²) in [7, 11) is 0. The first kappa shape index (κ1) is 20.8. The van der Waals surface area contributed by atoms with Crippen molar-refractivity contribution >= 4 is 52.5 Å². The molecule has 0 saturated carbocycles. The molecule has 2 rings (SSSR count). The molecule has 27 heavy (non-hydrogen) atoms. The van der Waals surface area contributed by atoms with Gasteiger partial charge in [0.05, 0.1) is 5.75 Å². The largest absolute Gasteiger partial charge is 0.452 e. The Labute approximate surface area is 166 Å². The summed E-state index contributed by atoms with van der Waals surface area (Å²) in [6.07, 6.45) is -0.932. The van der Waals surface area contributed by atoms with E-state index >= 15 is 0 Å². The molecule has 2 aromatic rings. The summed E-state index contributed by atoms with van der Waals surface area (Å²) in [4.78, 5) is 35.9. The molecule has 0 spiro atoms. The van der Waals surface area contributed by atoms with Crippen LogP contribution in [-0.4, -0.2) is 29.6 Å². The lowest BCUT2D eigenvalue weighted by atomic mass is 10.2. The maximum absolute atomic E-state index is 12.1. The first-order valence-electron chi connectivity index (χ1n) is 8.10. The summed E-state index contributed by atoms with van der Waals surface area (Å²) in [6.45, 7) is 2.92. The average molecular weight is 407 g/mol. The molecule has 6 nitrogen and oxygen atoms in total. The van der Waals surface area contributed by atoms with Gasteiger partial charge >= 0.3 is 5.97 Å². The van der Waals surface area contributed by atoms with Crippen molar-refractivity contribution in [1.29, 1.82) is 0 Å². The van der Waals surface area contributed by atoms with Crippen LogP contribution in [0.4, 0.5) is 11.4 Å². The lowest BCUT2D eigenvalue weighted by Crippen LogP contribution is -2.30. The number of amides is 2. The van der Waals surface area contributed by atoms with Crippen molar-refractivity contribution in [2.75, 3.05) is 16.4 Å². The average Bonchev–Trinajstić information content (AvgIpc) is 2.62. The molecule has 8 heteroatoms. The van der Waals surface area contributed by atoms with Gasteiger partial charge in [0.15, 0.2) is 6.10 Å². The first-order chi connectivity index (χ1) is 12.8. The number of carbonyl (C=O) groups is 3. The van der Waals surface area contributed by atoms with E-state index in [0.29, 0.717) is 16.4 Å². The molecule has 0 aliphatic carbocycles. The molecule has 1 unspecified atom stereocenters. The highest BCUT2D eigenvalue weighted by Crippen LogP contribution is 2.20. The van der Waals surface area contributed by atoms with Crippen LogP contribution in [0, 0.1) is 0 Å². The minimum atomic E-state index is -0.932. The highest BCUT2D eigenvalue weighted by Gasteiger charge is 2.18. The van der Waals surface area contributed by atoms with Crippen LogP contribution < -0.4 is 10.6 Å². The molecule has 0 heterocycles. The first-order valence-corrected chi connectivity index (χ1v) is 9.46. The highest BCUT2D eigenvalue weighted by molar-refractivity contribution is 8.00. The van der Waals surface area contributed by atoms with Crippen molar-refractivity contribution in [2.24, 2.45) is 0 Å². The molecule has 0 saturated heterocycles. The molecular weight excluding hydrogens is 388 g/mol. The number of ether oxygens (including phenoxy) is 1. The van der Waals surface area contributed by atoms with Gasteiger partial charge in [-0.05, 0) is 55.5 Å². The Kier molecular flexibility index (Phi) is 7.69. The number of carbonyl (C=O) groups excluding carboxylic acids is 3. The minimum absolute atomic E-state index is 0.0880. The van der Waals surface area contributed by atoms with Crippen LogP contribution in [0.5, 0.6) is 0 Å². The minimum Gasteiger partial charge on any atom is -0.452 e. The molecule has 0 aromatic heterocycles. The quantitative estimate of drug-likeness (QED) is 0.537. The fraction of sp³-hybridized carbons (Fsp3) is 0.211. The van der Waals surface area contributed by atoms with Crippen LogP contribution in [0.25, 0.3) is 0 Å². The van der Waals surface area contributed by atoms with Crippen molar-refractivity contribution in [1.82, 2.24) is 0 Å². The van der Waals surface area contributed by atoms with E-state index < -0.39 is 18.0 Å². The topological polar surface area (TPSA) is 84.5 Å². The van der Waals surface area contributed by atoms with Gasteiger partial charge in [0, 0.05) is 28.2 Å². The summed E-state index contributed by atoms with van der Waals surface area (Å²) in [5, 5.41) is 5.91. The zero-order valence-electron chi connectivity index (χ0n) is 14.8. The van der Waals surface area contributed by atoms with E-state index in [4.69, 9.17) is 16.3 Å². The zero-order valence-corrected chi connectivity index (χ0v) is 16.4. The van der Waals surface area contributed by atoms with Crippen molar-refractivity contribution < 1.29 is 19.1 Å². The molecule has 2 amide bonds. The number of anilines is 2. The third-order valence-electron chi connectivity index (χ3n) is 3.32. The Bertz CT molecular complexity index is 809. The molecule has 1 atom stereocenters. The van der Waals surface area contributed by atoms with Crippen LogP contribution in [0.1, 0.15) is 13.8 Å². The summed E-state index contributed by atoms with van der Waals surface area (Å²) < 4.78 is 5.15. The molecular formula is C19H19ClN2O4S.